The molecule has 100 valence electrons. The summed E-state index contributed by atoms with van der Waals surface area (Å²) in [7, 11) is 1.90. The number of rotatable bonds is 3. The normalized spacial score (nSPS) is 22.7. The summed E-state index contributed by atoms with van der Waals surface area (Å²) in [6.07, 6.45) is 2.27. The van der Waals surface area contributed by atoms with Crippen LogP contribution in [-0.2, 0) is 11.3 Å². The molecule has 0 spiro atoms. The van der Waals surface area contributed by atoms with E-state index in [4.69, 9.17) is 0 Å². The molecule has 0 radical (unpaired) electrons. The van der Waals surface area contributed by atoms with E-state index in [-0.39, 0.29) is 17.4 Å². The van der Waals surface area contributed by atoms with Crippen LogP contribution in [0.1, 0.15) is 31.6 Å². The molecule has 0 aliphatic carbocycles. The van der Waals surface area contributed by atoms with E-state index in [2.05, 4.69) is 30.6 Å². The first-order valence-corrected chi connectivity index (χ1v) is 7.39. The number of nitrogens with zero attached hydrogens (tertiary/aromatic N) is 1. The SMILES string of the molecule is CN(Cc1cccs1)C(=O)C1NCCCC1(C)C. The number of likely N-dealkylation sites (N-methyl/N-ethyl adjacent to an activating group) is 1. The Morgan fingerprint density at radius 1 is 1.61 bits per heavy atom. The fourth-order valence-corrected chi connectivity index (χ4v) is 3.32. The van der Waals surface area contributed by atoms with Gasteiger partial charge in [-0.25, -0.2) is 0 Å². The van der Waals surface area contributed by atoms with Gasteiger partial charge in [0.15, 0.2) is 0 Å². The molecule has 1 aliphatic rings. The lowest BCUT2D eigenvalue weighted by molar-refractivity contribution is -0.136. The average molecular weight is 266 g/mol. The number of carbonyl (C=O) groups excluding carboxylic acids is 1. The van der Waals surface area contributed by atoms with Gasteiger partial charge < -0.3 is 10.2 Å². The summed E-state index contributed by atoms with van der Waals surface area (Å²) in [5, 5.41) is 5.43. The van der Waals surface area contributed by atoms with E-state index in [1.165, 1.54) is 4.88 Å². The summed E-state index contributed by atoms with van der Waals surface area (Å²) in [5.74, 6) is 0.216. The second-order valence-electron chi connectivity index (χ2n) is 5.75. The molecule has 1 aromatic heterocycles. The summed E-state index contributed by atoms with van der Waals surface area (Å²) >= 11 is 1.70. The Kier molecular flexibility index (Phi) is 4.07. The zero-order valence-corrected chi connectivity index (χ0v) is 12.2. The number of amides is 1. The zero-order chi connectivity index (χ0) is 13.2. The molecule has 0 saturated carbocycles. The molecule has 0 bridgehead atoms. The molecule has 1 saturated heterocycles. The molecule has 0 aromatic carbocycles. The van der Waals surface area contributed by atoms with Crippen molar-refractivity contribution in [2.24, 2.45) is 5.41 Å². The van der Waals surface area contributed by atoms with Crippen molar-refractivity contribution in [1.29, 1.82) is 0 Å². The van der Waals surface area contributed by atoms with Crippen molar-refractivity contribution in [3.05, 3.63) is 22.4 Å². The van der Waals surface area contributed by atoms with Gasteiger partial charge in [0.2, 0.25) is 5.91 Å². The van der Waals surface area contributed by atoms with Crippen LogP contribution in [-0.4, -0.2) is 30.4 Å². The van der Waals surface area contributed by atoms with Crippen molar-refractivity contribution in [2.75, 3.05) is 13.6 Å². The molecular formula is C14H22N2OS. The maximum Gasteiger partial charge on any atom is 0.240 e. The fourth-order valence-electron chi connectivity index (χ4n) is 2.57. The second kappa shape index (κ2) is 5.41. The Labute approximate surface area is 113 Å². The van der Waals surface area contributed by atoms with Gasteiger partial charge in [-0.15, -0.1) is 11.3 Å². The van der Waals surface area contributed by atoms with Crippen LogP contribution in [0.15, 0.2) is 17.5 Å². The quantitative estimate of drug-likeness (QED) is 0.911. The largest absolute Gasteiger partial charge is 0.339 e. The predicted octanol–water partition coefficient (Wildman–Crippen LogP) is 2.48. The highest BCUT2D eigenvalue weighted by Gasteiger charge is 2.38. The summed E-state index contributed by atoms with van der Waals surface area (Å²) in [5.41, 5.74) is 0.0546. The van der Waals surface area contributed by atoms with E-state index >= 15 is 0 Å². The topological polar surface area (TPSA) is 32.3 Å². The molecule has 1 N–H and O–H groups in total. The van der Waals surface area contributed by atoms with Crippen LogP contribution in [0.5, 0.6) is 0 Å². The molecule has 1 aliphatic heterocycles. The third kappa shape index (κ3) is 2.93. The van der Waals surface area contributed by atoms with E-state index < -0.39 is 0 Å². The van der Waals surface area contributed by atoms with Crippen molar-refractivity contribution < 1.29 is 4.79 Å². The van der Waals surface area contributed by atoms with Gasteiger partial charge in [0.05, 0.1) is 12.6 Å². The lowest BCUT2D eigenvalue weighted by Gasteiger charge is -2.40. The Hall–Kier alpha value is -0.870. The van der Waals surface area contributed by atoms with Gasteiger partial charge in [-0.3, -0.25) is 4.79 Å². The van der Waals surface area contributed by atoms with Gasteiger partial charge in [-0.05, 0) is 36.2 Å². The molecular weight excluding hydrogens is 244 g/mol. The monoisotopic (exact) mass is 266 g/mol. The lowest BCUT2D eigenvalue weighted by Crippen LogP contribution is -2.55. The minimum atomic E-state index is -0.0452. The van der Waals surface area contributed by atoms with Crippen molar-refractivity contribution in [2.45, 2.75) is 39.3 Å². The fraction of sp³-hybridized carbons (Fsp3) is 0.643. The maximum absolute atomic E-state index is 12.5. The van der Waals surface area contributed by atoms with Crippen molar-refractivity contribution in [1.82, 2.24) is 10.2 Å². The minimum Gasteiger partial charge on any atom is -0.339 e. The summed E-state index contributed by atoms with van der Waals surface area (Å²) in [6.45, 7) is 6.03. The van der Waals surface area contributed by atoms with Gasteiger partial charge in [0, 0.05) is 11.9 Å². The highest BCUT2D eigenvalue weighted by Crippen LogP contribution is 2.31. The van der Waals surface area contributed by atoms with Gasteiger partial charge in [-0.2, -0.15) is 0 Å². The van der Waals surface area contributed by atoms with Gasteiger partial charge in [0.25, 0.3) is 0 Å². The van der Waals surface area contributed by atoms with E-state index in [0.717, 1.165) is 19.4 Å². The number of hydrogen-bond acceptors (Lipinski definition) is 3. The molecule has 1 atom stereocenters. The van der Waals surface area contributed by atoms with Crippen LogP contribution in [0.25, 0.3) is 0 Å². The van der Waals surface area contributed by atoms with Crippen LogP contribution < -0.4 is 5.32 Å². The molecule has 2 heterocycles. The van der Waals surface area contributed by atoms with Gasteiger partial charge in [0.1, 0.15) is 0 Å². The molecule has 1 fully saturated rings. The number of thiophene rings is 1. The van der Waals surface area contributed by atoms with Crippen LogP contribution >= 0.6 is 11.3 Å². The average Bonchev–Trinajstić information content (AvgIpc) is 2.80. The Bertz CT molecular complexity index is 400. The standard InChI is InChI=1S/C14H22N2OS/c1-14(2)7-5-8-15-12(14)13(17)16(3)10-11-6-4-9-18-11/h4,6,9,12,15H,5,7-8,10H2,1-3H3. The van der Waals surface area contributed by atoms with E-state index in [0.29, 0.717) is 6.54 Å². The van der Waals surface area contributed by atoms with Crippen LogP contribution in [0.2, 0.25) is 0 Å². The molecule has 2 rings (SSSR count). The molecule has 4 heteroatoms. The zero-order valence-electron chi connectivity index (χ0n) is 11.4. The third-order valence-electron chi connectivity index (χ3n) is 3.72. The summed E-state index contributed by atoms with van der Waals surface area (Å²) < 4.78 is 0. The first-order chi connectivity index (χ1) is 8.50. The molecule has 1 amide bonds. The number of nitrogens with one attached hydrogen (secondary N) is 1. The minimum absolute atomic E-state index is 0.0452. The van der Waals surface area contributed by atoms with Crippen LogP contribution in [0.3, 0.4) is 0 Å². The maximum atomic E-state index is 12.5. The van der Waals surface area contributed by atoms with Crippen LogP contribution in [0.4, 0.5) is 0 Å². The Morgan fingerprint density at radius 3 is 3.00 bits per heavy atom. The highest BCUT2D eigenvalue weighted by atomic mass is 32.1. The van der Waals surface area contributed by atoms with E-state index in [9.17, 15) is 4.79 Å². The smallest absolute Gasteiger partial charge is 0.240 e. The number of hydrogen-bond donors (Lipinski definition) is 1. The molecule has 1 aromatic rings. The molecule has 18 heavy (non-hydrogen) atoms. The van der Waals surface area contributed by atoms with Crippen molar-refractivity contribution in [3.8, 4) is 0 Å². The number of carbonyl (C=O) groups is 1. The predicted molar refractivity (Wildman–Crippen MR) is 75.6 cm³/mol. The van der Waals surface area contributed by atoms with Gasteiger partial charge >= 0.3 is 0 Å². The van der Waals surface area contributed by atoms with Crippen LogP contribution in [0, 0.1) is 5.41 Å². The van der Waals surface area contributed by atoms with Gasteiger partial charge in [-0.1, -0.05) is 19.9 Å². The van der Waals surface area contributed by atoms with E-state index in [1.807, 2.05) is 18.0 Å². The summed E-state index contributed by atoms with van der Waals surface area (Å²) in [4.78, 5) is 15.6. The highest BCUT2D eigenvalue weighted by molar-refractivity contribution is 7.09. The first-order valence-electron chi connectivity index (χ1n) is 6.51. The molecule has 3 nitrogen and oxygen atoms in total. The van der Waals surface area contributed by atoms with Crippen molar-refractivity contribution >= 4 is 17.2 Å². The first kappa shape index (κ1) is 13.6. The Morgan fingerprint density at radius 2 is 2.39 bits per heavy atom. The van der Waals surface area contributed by atoms with E-state index in [1.54, 1.807) is 11.3 Å². The van der Waals surface area contributed by atoms with Crippen molar-refractivity contribution in [3.63, 3.8) is 0 Å². The number of piperidine rings is 1. The molecule has 1 unspecified atom stereocenters. The Balaban J connectivity index is 2.01. The third-order valence-corrected chi connectivity index (χ3v) is 4.59. The lowest BCUT2D eigenvalue weighted by atomic mass is 9.77. The summed E-state index contributed by atoms with van der Waals surface area (Å²) in [6, 6.07) is 4.06. The second-order valence-corrected chi connectivity index (χ2v) is 6.79.